The van der Waals surface area contributed by atoms with Crippen molar-refractivity contribution in [2.45, 2.75) is 26.1 Å². The maximum atomic E-state index is 6.15. The standard InChI is InChI=1S/C17H22BN3/c1-3-10-20-11-12-21(19)17(18-2)16-9-8-14-6-4-5-7-15(14)13-16/h3-7,10-12,18H,1,8-9,13,19H2,2H3/b12-11-,17-16-,20-10-. The van der Waals surface area contributed by atoms with E-state index in [2.05, 4.69) is 42.7 Å². The van der Waals surface area contributed by atoms with Crippen LogP contribution < -0.4 is 5.84 Å². The molecule has 2 N–H and O–H groups in total. The van der Waals surface area contributed by atoms with Crippen LogP contribution in [0.1, 0.15) is 17.5 Å². The number of rotatable bonds is 5. The first-order valence-electron chi connectivity index (χ1n) is 7.38. The summed E-state index contributed by atoms with van der Waals surface area (Å²) in [4.78, 5) is 4.06. The highest BCUT2D eigenvalue weighted by Gasteiger charge is 2.16. The number of benzene rings is 1. The van der Waals surface area contributed by atoms with Crippen LogP contribution in [0.4, 0.5) is 0 Å². The average Bonchev–Trinajstić information content (AvgIpc) is 2.52. The summed E-state index contributed by atoms with van der Waals surface area (Å²) in [6.45, 7) is 5.73. The number of fused-ring (bicyclic) bond motifs is 1. The molecule has 0 unspecified atom stereocenters. The normalized spacial score (nSPS) is 16.9. The lowest BCUT2D eigenvalue weighted by molar-refractivity contribution is 0.509. The molecule has 0 fully saturated rings. The molecule has 1 aromatic carbocycles. The largest absolute Gasteiger partial charge is 0.299 e. The van der Waals surface area contributed by atoms with Crippen molar-refractivity contribution >= 4 is 13.5 Å². The highest BCUT2D eigenvalue weighted by Crippen LogP contribution is 2.27. The molecule has 3 nitrogen and oxygen atoms in total. The van der Waals surface area contributed by atoms with Gasteiger partial charge in [0.25, 0.3) is 0 Å². The molecule has 0 bridgehead atoms. The first-order valence-corrected chi connectivity index (χ1v) is 7.38. The van der Waals surface area contributed by atoms with Crippen molar-refractivity contribution in [1.29, 1.82) is 0 Å². The molecule has 0 saturated heterocycles. The highest BCUT2D eigenvalue weighted by atomic mass is 15.4. The second-order valence-corrected chi connectivity index (χ2v) is 5.09. The third-order valence-electron chi connectivity index (χ3n) is 3.78. The number of hydrogen-bond acceptors (Lipinski definition) is 3. The van der Waals surface area contributed by atoms with Crippen molar-refractivity contribution in [3.05, 3.63) is 71.6 Å². The molecule has 0 aromatic heterocycles. The zero-order valence-corrected chi connectivity index (χ0v) is 12.6. The van der Waals surface area contributed by atoms with Crippen molar-refractivity contribution < 1.29 is 0 Å². The molecular weight excluding hydrogens is 257 g/mol. The van der Waals surface area contributed by atoms with Crippen LogP contribution in [-0.2, 0) is 12.8 Å². The number of aliphatic imine (C=N–C) groups is 1. The van der Waals surface area contributed by atoms with E-state index in [1.165, 1.54) is 22.3 Å². The van der Waals surface area contributed by atoms with E-state index in [0.717, 1.165) is 26.5 Å². The molecule has 1 aliphatic carbocycles. The minimum absolute atomic E-state index is 0.920. The summed E-state index contributed by atoms with van der Waals surface area (Å²) in [5.41, 5.74) is 5.50. The quantitative estimate of drug-likeness (QED) is 0.390. The van der Waals surface area contributed by atoms with Gasteiger partial charge in [0.05, 0.1) is 0 Å². The molecular formula is C17H22BN3. The van der Waals surface area contributed by atoms with Gasteiger partial charge in [-0.15, -0.1) is 0 Å². The van der Waals surface area contributed by atoms with E-state index in [-0.39, 0.29) is 0 Å². The van der Waals surface area contributed by atoms with Gasteiger partial charge in [0.2, 0.25) is 0 Å². The predicted molar refractivity (Wildman–Crippen MR) is 92.4 cm³/mol. The van der Waals surface area contributed by atoms with Gasteiger partial charge in [-0.2, -0.15) is 0 Å². The summed E-state index contributed by atoms with van der Waals surface area (Å²) in [7, 11) is 0.920. The van der Waals surface area contributed by atoms with Crippen LogP contribution in [0.3, 0.4) is 0 Å². The Kier molecular flexibility index (Phi) is 5.58. The Hall–Kier alpha value is -2.07. The van der Waals surface area contributed by atoms with Gasteiger partial charge in [0.1, 0.15) is 0 Å². The monoisotopic (exact) mass is 279 g/mol. The van der Waals surface area contributed by atoms with Gasteiger partial charge in [-0.05, 0) is 36.0 Å². The molecule has 0 atom stereocenters. The minimum Gasteiger partial charge on any atom is -0.299 e. The summed E-state index contributed by atoms with van der Waals surface area (Å²) in [6, 6.07) is 8.66. The van der Waals surface area contributed by atoms with Crippen molar-refractivity contribution in [1.82, 2.24) is 5.01 Å². The Morgan fingerprint density at radius 1 is 1.33 bits per heavy atom. The molecule has 0 radical (unpaired) electrons. The van der Waals surface area contributed by atoms with Crippen molar-refractivity contribution in [3.63, 3.8) is 0 Å². The van der Waals surface area contributed by atoms with Gasteiger partial charge in [0.15, 0.2) is 7.28 Å². The SMILES string of the molecule is C=C/C=N\C=C/N(N)/C(BC)=C1/CCc2ccccc2C1. The van der Waals surface area contributed by atoms with Gasteiger partial charge < -0.3 is 0 Å². The fourth-order valence-electron chi connectivity index (χ4n) is 2.75. The van der Waals surface area contributed by atoms with E-state index in [1.807, 2.05) is 0 Å². The first-order chi connectivity index (χ1) is 10.3. The molecule has 0 spiro atoms. The van der Waals surface area contributed by atoms with Gasteiger partial charge in [-0.1, -0.05) is 49.3 Å². The van der Waals surface area contributed by atoms with Crippen LogP contribution in [0.15, 0.2) is 65.5 Å². The van der Waals surface area contributed by atoms with Gasteiger partial charge in [0, 0.05) is 18.6 Å². The lowest BCUT2D eigenvalue weighted by atomic mass is 9.71. The van der Waals surface area contributed by atoms with Crippen molar-refractivity contribution in [3.8, 4) is 0 Å². The van der Waals surface area contributed by atoms with Crippen LogP contribution in [0.25, 0.3) is 0 Å². The number of allylic oxidation sites excluding steroid dienone is 2. The van der Waals surface area contributed by atoms with Crippen LogP contribution >= 0.6 is 0 Å². The summed E-state index contributed by atoms with van der Waals surface area (Å²) < 4.78 is 0. The van der Waals surface area contributed by atoms with Gasteiger partial charge in [-0.3, -0.25) is 10.0 Å². The third-order valence-corrected chi connectivity index (χ3v) is 3.78. The Morgan fingerprint density at radius 3 is 2.81 bits per heavy atom. The second kappa shape index (κ2) is 7.65. The van der Waals surface area contributed by atoms with Crippen molar-refractivity contribution in [2.75, 3.05) is 0 Å². The number of hydrazine groups is 1. The minimum atomic E-state index is 0.920. The molecule has 0 aliphatic heterocycles. The summed E-state index contributed by atoms with van der Waals surface area (Å²) in [6.07, 6.45) is 9.94. The van der Waals surface area contributed by atoms with Crippen LogP contribution in [0, 0.1) is 0 Å². The molecule has 0 heterocycles. The summed E-state index contributed by atoms with van der Waals surface area (Å²) >= 11 is 0. The first kappa shape index (κ1) is 15.3. The Bertz CT molecular complexity index is 587. The smallest absolute Gasteiger partial charge is 0.178 e. The second-order valence-electron chi connectivity index (χ2n) is 5.09. The maximum Gasteiger partial charge on any atom is 0.178 e. The zero-order chi connectivity index (χ0) is 15.1. The summed E-state index contributed by atoms with van der Waals surface area (Å²) in [5.74, 6) is 6.15. The Morgan fingerprint density at radius 2 is 2.10 bits per heavy atom. The van der Waals surface area contributed by atoms with Crippen molar-refractivity contribution in [2.24, 2.45) is 10.8 Å². The van der Waals surface area contributed by atoms with E-state index >= 15 is 0 Å². The van der Waals surface area contributed by atoms with E-state index in [1.54, 1.807) is 29.7 Å². The molecule has 2 rings (SSSR count). The number of nitrogens with zero attached hydrogens (tertiary/aromatic N) is 2. The number of aryl methyl sites for hydroxylation is 1. The van der Waals surface area contributed by atoms with Crippen LogP contribution in [-0.4, -0.2) is 18.5 Å². The molecule has 1 aliphatic rings. The fraction of sp³-hybridized carbons (Fsp3) is 0.235. The van der Waals surface area contributed by atoms with E-state index in [0.29, 0.717) is 0 Å². The predicted octanol–water partition coefficient (Wildman–Crippen LogP) is 2.78. The number of hydrogen-bond donors (Lipinski definition) is 1. The maximum absolute atomic E-state index is 6.15. The highest BCUT2D eigenvalue weighted by molar-refractivity contribution is 6.43. The lowest BCUT2D eigenvalue weighted by Gasteiger charge is -2.25. The molecule has 108 valence electrons. The third kappa shape index (κ3) is 3.95. The van der Waals surface area contributed by atoms with Gasteiger partial charge >= 0.3 is 0 Å². The average molecular weight is 279 g/mol. The topological polar surface area (TPSA) is 41.6 Å². The van der Waals surface area contributed by atoms with Gasteiger partial charge in [-0.25, -0.2) is 5.84 Å². The molecule has 21 heavy (non-hydrogen) atoms. The molecule has 0 saturated carbocycles. The molecule has 4 heteroatoms. The zero-order valence-electron chi connectivity index (χ0n) is 12.6. The Balaban J connectivity index is 2.18. The van der Waals surface area contributed by atoms with E-state index in [9.17, 15) is 0 Å². The van der Waals surface area contributed by atoms with E-state index in [4.69, 9.17) is 5.84 Å². The number of nitrogens with two attached hydrogens (primary N) is 1. The lowest BCUT2D eigenvalue weighted by Crippen LogP contribution is -2.29. The Labute approximate surface area is 127 Å². The van der Waals surface area contributed by atoms with E-state index < -0.39 is 0 Å². The molecule has 1 aromatic rings. The van der Waals surface area contributed by atoms with Crippen LogP contribution in [0.2, 0.25) is 6.82 Å². The van der Waals surface area contributed by atoms with Crippen LogP contribution in [0.5, 0.6) is 0 Å². The molecule has 0 amide bonds. The fourth-order valence-corrected chi connectivity index (χ4v) is 2.75. The summed E-state index contributed by atoms with van der Waals surface area (Å²) in [5, 5.41) is 1.70.